The number of hydrogen-bond acceptors (Lipinski definition) is 5. The molecule has 0 atom stereocenters. The Morgan fingerprint density at radius 2 is 1.89 bits per heavy atom. The number of halogens is 1. The number of hydrogen-bond donors (Lipinski definition) is 1. The minimum Gasteiger partial charge on any atom is -0.507 e. The molecule has 104 valence electrons. The number of aromatic hydroxyl groups is 1. The van der Waals surface area contributed by atoms with Gasteiger partial charge < -0.3 is 14.6 Å². The standard InChI is InChI=1S/C13H15BrO5/c14-7-3-4-8-18-12(16)9-19-13(17)10-5-1-2-6-11(10)15/h1-2,5-6,15H,3-4,7-9H2. The van der Waals surface area contributed by atoms with E-state index in [-0.39, 0.29) is 11.3 Å². The summed E-state index contributed by atoms with van der Waals surface area (Å²) in [6.07, 6.45) is 1.66. The number of para-hydroxylation sites is 1. The normalized spacial score (nSPS) is 9.95. The quantitative estimate of drug-likeness (QED) is 0.471. The average Bonchev–Trinajstić information content (AvgIpc) is 2.41. The molecule has 1 rings (SSSR count). The van der Waals surface area contributed by atoms with E-state index in [4.69, 9.17) is 9.47 Å². The number of rotatable bonds is 7. The molecule has 0 spiro atoms. The number of unbranched alkanes of at least 4 members (excludes halogenated alkanes) is 1. The Morgan fingerprint density at radius 3 is 2.58 bits per heavy atom. The van der Waals surface area contributed by atoms with Crippen LogP contribution in [0.15, 0.2) is 24.3 Å². The van der Waals surface area contributed by atoms with Gasteiger partial charge in [-0.15, -0.1) is 0 Å². The van der Waals surface area contributed by atoms with Crippen LogP contribution < -0.4 is 0 Å². The van der Waals surface area contributed by atoms with Gasteiger partial charge in [0.2, 0.25) is 0 Å². The van der Waals surface area contributed by atoms with Gasteiger partial charge in [-0.25, -0.2) is 9.59 Å². The van der Waals surface area contributed by atoms with Crippen molar-refractivity contribution in [1.82, 2.24) is 0 Å². The van der Waals surface area contributed by atoms with E-state index in [1.54, 1.807) is 12.1 Å². The molecule has 19 heavy (non-hydrogen) atoms. The molecule has 0 heterocycles. The van der Waals surface area contributed by atoms with Crippen molar-refractivity contribution >= 4 is 27.9 Å². The Hall–Kier alpha value is -1.56. The molecular formula is C13H15BrO5. The number of carbonyl (C=O) groups is 2. The van der Waals surface area contributed by atoms with Crippen molar-refractivity contribution < 1.29 is 24.2 Å². The smallest absolute Gasteiger partial charge is 0.344 e. The van der Waals surface area contributed by atoms with Gasteiger partial charge in [0.25, 0.3) is 0 Å². The lowest BCUT2D eigenvalue weighted by molar-refractivity contribution is -0.147. The van der Waals surface area contributed by atoms with E-state index < -0.39 is 18.5 Å². The van der Waals surface area contributed by atoms with Gasteiger partial charge in [-0.05, 0) is 25.0 Å². The van der Waals surface area contributed by atoms with Crippen LogP contribution in [0.5, 0.6) is 5.75 Å². The summed E-state index contributed by atoms with van der Waals surface area (Å²) in [7, 11) is 0. The van der Waals surface area contributed by atoms with E-state index in [2.05, 4.69) is 15.9 Å². The lowest BCUT2D eigenvalue weighted by Crippen LogP contribution is -2.17. The summed E-state index contributed by atoms with van der Waals surface area (Å²) in [5.41, 5.74) is 0.0228. The molecule has 0 unspecified atom stereocenters. The van der Waals surface area contributed by atoms with E-state index in [1.165, 1.54) is 12.1 Å². The van der Waals surface area contributed by atoms with Gasteiger partial charge in [-0.1, -0.05) is 28.1 Å². The Labute approximate surface area is 119 Å². The highest BCUT2D eigenvalue weighted by Gasteiger charge is 2.14. The Balaban J connectivity index is 2.30. The molecule has 0 fully saturated rings. The number of carbonyl (C=O) groups excluding carboxylic acids is 2. The van der Waals surface area contributed by atoms with Gasteiger partial charge in [-0.3, -0.25) is 0 Å². The maximum absolute atomic E-state index is 11.6. The van der Waals surface area contributed by atoms with E-state index in [0.29, 0.717) is 6.61 Å². The van der Waals surface area contributed by atoms with Crippen molar-refractivity contribution in [3.05, 3.63) is 29.8 Å². The zero-order valence-electron chi connectivity index (χ0n) is 10.3. The fraction of sp³-hybridized carbons (Fsp3) is 0.385. The third kappa shape index (κ3) is 5.74. The number of ether oxygens (including phenoxy) is 2. The van der Waals surface area contributed by atoms with Gasteiger partial charge in [0, 0.05) is 5.33 Å². The van der Waals surface area contributed by atoms with Crippen LogP contribution in [0, 0.1) is 0 Å². The monoisotopic (exact) mass is 330 g/mol. The second-order valence-electron chi connectivity index (χ2n) is 3.71. The number of benzene rings is 1. The molecule has 1 N–H and O–H groups in total. The van der Waals surface area contributed by atoms with E-state index in [9.17, 15) is 14.7 Å². The van der Waals surface area contributed by atoms with E-state index in [0.717, 1.165) is 18.2 Å². The van der Waals surface area contributed by atoms with Gasteiger partial charge >= 0.3 is 11.9 Å². The molecule has 0 aliphatic heterocycles. The summed E-state index contributed by atoms with van der Waals surface area (Å²) in [5.74, 6) is -1.54. The molecule has 0 radical (unpaired) electrons. The predicted octanol–water partition coefficient (Wildman–Crippen LogP) is 2.27. The van der Waals surface area contributed by atoms with Crippen molar-refractivity contribution in [2.75, 3.05) is 18.5 Å². The molecule has 0 saturated heterocycles. The zero-order chi connectivity index (χ0) is 14.1. The molecule has 0 saturated carbocycles. The lowest BCUT2D eigenvalue weighted by Gasteiger charge is -2.06. The highest BCUT2D eigenvalue weighted by atomic mass is 79.9. The molecule has 1 aromatic carbocycles. The first-order valence-electron chi connectivity index (χ1n) is 5.82. The Kier molecular flexibility index (Phi) is 6.95. The molecule has 0 aromatic heterocycles. The number of phenolic OH excluding ortho intramolecular Hbond substituents is 1. The van der Waals surface area contributed by atoms with Crippen LogP contribution in [0.4, 0.5) is 0 Å². The molecule has 0 aliphatic carbocycles. The first kappa shape index (κ1) is 15.5. The second-order valence-corrected chi connectivity index (χ2v) is 4.50. The van der Waals surface area contributed by atoms with Gasteiger partial charge in [0.1, 0.15) is 11.3 Å². The molecule has 1 aromatic rings. The van der Waals surface area contributed by atoms with E-state index >= 15 is 0 Å². The molecule has 6 heteroatoms. The van der Waals surface area contributed by atoms with Gasteiger partial charge in [0.05, 0.1) is 6.61 Å². The van der Waals surface area contributed by atoms with Gasteiger partial charge in [-0.2, -0.15) is 0 Å². The Bertz CT molecular complexity index is 433. The highest BCUT2D eigenvalue weighted by Crippen LogP contribution is 2.16. The van der Waals surface area contributed by atoms with Crippen molar-refractivity contribution in [2.45, 2.75) is 12.8 Å². The van der Waals surface area contributed by atoms with Crippen LogP contribution in [0.3, 0.4) is 0 Å². The summed E-state index contributed by atoms with van der Waals surface area (Å²) in [6.45, 7) is -0.153. The van der Waals surface area contributed by atoms with Crippen molar-refractivity contribution in [3.8, 4) is 5.75 Å². The lowest BCUT2D eigenvalue weighted by atomic mass is 10.2. The topological polar surface area (TPSA) is 72.8 Å². The summed E-state index contributed by atoms with van der Waals surface area (Å²) < 4.78 is 9.61. The second kappa shape index (κ2) is 8.53. The summed E-state index contributed by atoms with van der Waals surface area (Å²) in [5, 5.41) is 10.3. The molecule has 0 aliphatic rings. The van der Waals surface area contributed by atoms with Crippen LogP contribution in [-0.2, 0) is 14.3 Å². The molecule has 0 amide bonds. The van der Waals surface area contributed by atoms with Crippen LogP contribution in [0.1, 0.15) is 23.2 Å². The minimum atomic E-state index is -0.754. The third-order valence-corrected chi connectivity index (χ3v) is 2.80. The molecular weight excluding hydrogens is 316 g/mol. The van der Waals surface area contributed by atoms with Crippen molar-refractivity contribution in [1.29, 1.82) is 0 Å². The summed E-state index contributed by atoms with van der Waals surface area (Å²) in [4.78, 5) is 22.8. The van der Waals surface area contributed by atoms with Crippen LogP contribution in [-0.4, -0.2) is 35.6 Å². The fourth-order valence-corrected chi connectivity index (χ4v) is 1.67. The Morgan fingerprint density at radius 1 is 1.16 bits per heavy atom. The maximum Gasteiger partial charge on any atom is 0.344 e. The first-order valence-corrected chi connectivity index (χ1v) is 6.94. The predicted molar refractivity (Wildman–Crippen MR) is 72.4 cm³/mol. The highest BCUT2D eigenvalue weighted by molar-refractivity contribution is 9.09. The SMILES string of the molecule is O=C(COC(=O)c1ccccc1O)OCCCCBr. The summed E-state index contributed by atoms with van der Waals surface area (Å²) >= 11 is 3.27. The largest absolute Gasteiger partial charge is 0.507 e. The third-order valence-electron chi connectivity index (χ3n) is 2.24. The number of alkyl halides is 1. The summed E-state index contributed by atoms with van der Waals surface area (Å²) in [6, 6.07) is 5.97. The van der Waals surface area contributed by atoms with E-state index in [1.807, 2.05) is 0 Å². The van der Waals surface area contributed by atoms with Crippen LogP contribution in [0.25, 0.3) is 0 Å². The molecule has 5 nitrogen and oxygen atoms in total. The maximum atomic E-state index is 11.6. The average molecular weight is 331 g/mol. The zero-order valence-corrected chi connectivity index (χ0v) is 11.9. The van der Waals surface area contributed by atoms with Crippen molar-refractivity contribution in [3.63, 3.8) is 0 Å². The van der Waals surface area contributed by atoms with Crippen molar-refractivity contribution in [2.24, 2.45) is 0 Å². The molecule has 0 bridgehead atoms. The fourth-order valence-electron chi connectivity index (χ4n) is 1.27. The van der Waals surface area contributed by atoms with Crippen LogP contribution in [0.2, 0.25) is 0 Å². The van der Waals surface area contributed by atoms with Crippen LogP contribution >= 0.6 is 15.9 Å². The minimum absolute atomic E-state index is 0.0228. The number of phenols is 1. The number of esters is 2. The van der Waals surface area contributed by atoms with Gasteiger partial charge in [0.15, 0.2) is 6.61 Å². The first-order chi connectivity index (χ1) is 9.15.